The molecule has 1 saturated heterocycles. The van der Waals surface area contributed by atoms with Gasteiger partial charge in [0, 0.05) is 29.0 Å². The second-order valence-electron chi connectivity index (χ2n) is 6.35. The highest BCUT2D eigenvalue weighted by atomic mass is 79.9. The third-order valence-corrected chi connectivity index (χ3v) is 4.92. The number of aromatic nitrogens is 3. The van der Waals surface area contributed by atoms with E-state index >= 15 is 0 Å². The number of aromatic amines is 1. The monoisotopic (exact) mass is 413 g/mol. The number of halogens is 1. The summed E-state index contributed by atoms with van der Waals surface area (Å²) in [7, 11) is 0. The summed E-state index contributed by atoms with van der Waals surface area (Å²) >= 11 is 3.42. The van der Waals surface area contributed by atoms with Crippen LogP contribution >= 0.6 is 15.9 Å². The van der Waals surface area contributed by atoms with E-state index in [2.05, 4.69) is 36.4 Å². The van der Waals surface area contributed by atoms with E-state index in [1.54, 1.807) is 17.2 Å². The molecule has 26 heavy (non-hydrogen) atoms. The van der Waals surface area contributed by atoms with Crippen molar-refractivity contribution in [3.8, 4) is 0 Å². The standard InChI is InChI=1S/C18H16BrN5O2/c1-10-4-5-20-15(6-10)21-18(26)11-7-16(25)24(9-11)17-13-3-2-12(19)8-14(13)22-23-17/h2-6,8,11H,7,9H2,1H3,(H,22,23)(H,20,21,26). The molecule has 3 heterocycles. The quantitative estimate of drug-likeness (QED) is 0.690. The number of aryl methyl sites for hydroxylation is 1. The number of nitrogens with one attached hydrogen (secondary N) is 2. The highest BCUT2D eigenvalue weighted by Gasteiger charge is 2.37. The molecule has 1 unspecified atom stereocenters. The lowest BCUT2D eigenvalue weighted by Crippen LogP contribution is -2.28. The Balaban J connectivity index is 1.53. The summed E-state index contributed by atoms with van der Waals surface area (Å²) < 4.78 is 0.927. The molecule has 0 saturated carbocycles. The molecule has 132 valence electrons. The zero-order valence-corrected chi connectivity index (χ0v) is 15.6. The fourth-order valence-electron chi connectivity index (χ4n) is 3.10. The molecule has 1 aromatic carbocycles. The topological polar surface area (TPSA) is 91.0 Å². The lowest BCUT2D eigenvalue weighted by atomic mass is 10.1. The van der Waals surface area contributed by atoms with Crippen molar-refractivity contribution in [2.45, 2.75) is 13.3 Å². The van der Waals surface area contributed by atoms with Gasteiger partial charge in [-0.25, -0.2) is 4.98 Å². The molecule has 0 aliphatic carbocycles. The summed E-state index contributed by atoms with van der Waals surface area (Å²) in [6.45, 7) is 2.23. The van der Waals surface area contributed by atoms with Gasteiger partial charge >= 0.3 is 0 Å². The summed E-state index contributed by atoms with van der Waals surface area (Å²) in [4.78, 5) is 30.7. The predicted molar refractivity (Wildman–Crippen MR) is 102 cm³/mol. The summed E-state index contributed by atoms with van der Waals surface area (Å²) in [6.07, 6.45) is 1.80. The highest BCUT2D eigenvalue weighted by Crippen LogP contribution is 2.31. The van der Waals surface area contributed by atoms with Crippen LogP contribution in [0.5, 0.6) is 0 Å². The van der Waals surface area contributed by atoms with Gasteiger partial charge in [0.2, 0.25) is 11.8 Å². The van der Waals surface area contributed by atoms with Crippen LogP contribution < -0.4 is 10.2 Å². The van der Waals surface area contributed by atoms with Crippen LogP contribution in [0.1, 0.15) is 12.0 Å². The second kappa shape index (κ2) is 6.53. The minimum Gasteiger partial charge on any atom is -0.310 e. The van der Waals surface area contributed by atoms with Gasteiger partial charge in [-0.1, -0.05) is 15.9 Å². The Labute approximate surface area is 157 Å². The first-order valence-corrected chi connectivity index (χ1v) is 8.98. The molecule has 0 radical (unpaired) electrons. The maximum Gasteiger partial charge on any atom is 0.230 e. The average molecular weight is 414 g/mol. The molecule has 1 aliphatic rings. The normalized spacial score (nSPS) is 17.1. The Bertz CT molecular complexity index is 1020. The number of nitrogens with zero attached hydrogens (tertiary/aromatic N) is 3. The molecule has 2 amide bonds. The van der Waals surface area contributed by atoms with Crippen molar-refractivity contribution in [3.63, 3.8) is 0 Å². The van der Waals surface area contributed by atoms with Crippen LogP contribution in [-0.4, -0.2) is 33.5 Å². The first-order valence-electron chi connectivity index (χ1n) is 8.19. The number of carbonyl (C=O) groups is 2. The third kappa shape index (κ3) is 3.08. The van der Waals surface area contributed by atoms with E-state index in [1.807, 2.05) is 31.2 Å². The number of fused-ring (bicyclic) bond motifs is 1. The predicted octanol–water partition coefficient (Wildman–Crippen LogP) is 3.02. The molecular formula is C18H16BrN5O2. The van der Waals surface area contributed by atoms with Gasteiger partial charge in [-0.15, -0.1) is 0 Å². The van der Waals surface area contributed by atoms with Gasteiger partial charge in [-0.3, -0.25) is 19.6 Å². The average Bonchev–Trinajstić information content (AvgIpc) is 3.17. The van der Waals surface area contributed by atoms with Gasteiger partial charge in [0.15, 0.2) is 5.82 Å². The number of rotatable bonds is 3. The Morgan fingerprint density at radius 3 is 3.00 bits per heavy atom. The second-order valence-corrected chi connectivity index (χ2v) is 7.27. The van der Waals surface area contributed by atoms with Gasteiger partial charge in [0.25, 0.3) is 0 Å². The largest absolute Gasteiger partial charge is 0.310 e. The van der Waals surface area contributed by atoms with E-state index in [1.165, 1.54) is 0 Å². The van der Waals surface area contributed by atoms with E-state index in [4.69, 9.17) is 0 Å². The van der Waals surface area contributed by atoms with E-state index in [0.29, 0.717) is 18.2 Å². The SMILES string of the molecule is Cc1ccnc(NC(=O)C2CC(=O)N(c3n[nH]c4cc(Br)ccc34)C2)c1. The Kier molecular flexibility index (Phi) is 4.20. The molecule has 2 aromatic heterocycles. The van der Waals surface area contributed by atoms with Crippen LogP contribution in [0.4, 0.5) is 11.6 Å². The molecule has 1 fully saturated rings. The van der Waals surface area contributed by atoms with Gasteiger partial charge in [0.05, 0.1) is 11.4 Å². The van der Waals surface area contributed by atoms with Crippen LogP contribution in [0.15, 0.2) is 41.0 Å². The third-order valence-electron chi connectivity index (χ3n) is 4.42. The minimum absolute atomic E-state index is 0.112. The van der Waals surface area contributed by atoms with E-state index in [0.717, 1.165) is 20.9 Å². The number of benzene rings is 1. The first kappa shape index (κ1) is 16.7. The maximum absolute atomic E-state index is 12.5. The van der Waals surface area contributed by atoms with Crippen molar-refractivity contribution < 1.29 is 9.59 Å². The number of anilines is 2. The van der Waals surface area contributed by atoms with Crippen molar-refractivity contribution in [1.82, 2.24) is 15.2 Å². The molecule has 4 rings (SSSR count). The lowest BCUT2D eigenvalue weighted by Gasteiger charge is -2.14. The number of hydrogen-bond acceptors (Lipinski definition) is 4. The minimum atomic E-state index is -0.438. The fourth-order valence-corrected chi connectivity index (χ4v) is 3.46. The molecule has 7 nitrogen and oxygen atoms in total. The zero-order chi connectivity index (χ0) is 18.3. The lowest BCUT2D eigenvalue weighted by molar-refractivity contribution is -0.122. The van der Waals surface area contributed by atoms with Crippen LogP contribution in [0.25, 0.3) is 10.9 Å². The molecule has 3 aromatic rings. The van der Waals surface area contributed by atoms with Gasteiger partial charge in [0.1, 0.15) is 5.82 Å². The smallest absolute Gasteiger partial charge is 0.230 e. The molecular weight excluding hydrogens is 398 g/mol. The Hall–Kier alpha value is -2.74. The van der Waals surface area contributed by atoms with Crippen LogP contribution in [0.3, 0.4) is 0 Å². The fraction of sp³-hybridized carbons (Fsp3) is 0.222. The molecule has 8 heteroatoms. The summed E-state index contributed by atoms with van der Waals surface area (Å²) in [5.41, 5.74) is 1.84. The number of carbonyl (C=O) groups excluding carboxylic acids is 2. The van der Waals surface area contributed by atoms with E-state index in [-0.39, 0.29) is 18.2 Å². The van der Waals surface area contributed by atoms with Gasteiger partial charge in [-0.2, -0.15) is 5.10 Å². The summed E-state index contributed by atoms with van der Waals surface area (Å²) in [5, 5.41) is 10.8. The number of amides is 2. The molecule has 0 spiro atoms. The number of H-pyrrole nitrogens is 1. The zero-order valence-electron chi connectivity index (χ0n) is 14.0. The van der Waals surface area contributed by atoms with Crippen molar-refractivity contribution in [2.24, 2.45) is 5.92 Å². The highest BCUT2D eigenvalue weighted by molar-refractivity contribution is 9.10. The van der Waals surface area contributed by atoms with Crippen LogP contribution in [-0.2, 0) is 9.59 Å². The van der Waals surface area contributed by atoms with Crippen molar-refractivity contribution in [2.75, 3.05) is 16.8 Å². The summed E-state index contributed by atoms with van der Waals surface area (Å²) in [6, 6.07) is 9.36. The van der Waals surface area contributed by atoms with Crippen molar-refractivity contribution >= 4 is 50.3 Å². The van der Waals surface area contributed by atoms with E-state index < -0.39 is 5.92 Å². The number of pyridine rings is 1. The summed E-state index contributed by atoms with van der Waals surface area (Å²) in [5.74, 6) is 0.296. The van der Waals surface area contributed by atoms with Gasteiger partial charge < -0.3 is 5.32 Å². The first-order chi connectivity index (χ1) is 12.5. The molecule has 0 bridgehead atoms. The van der Waals surface area contributed by atoms with Crippen LogP contribution in [0, 0.1) is 12.8 Å². The van der Waals surface area contributed by atoms with E-state index in [9.17, 15) is 9.59 Å². The number of hydrogen-bond donors (Lipinski definition) is 2. The van der Waals surface area contributed by atoms with Crippen LogP contribution in [0.2, 0.25) is 0 Å². The molecule has 1 aliphatic heterocycles. The Morgan fingerprint density at radius 2 is 2.19 bits per heavy atom. The molecule has 1 atom stereocenters. The van der Waals surface area contributed by atoms with Crippen molar-refractivity contribution in [1.29, 1.82) is 0 Å². The molecule has 2 N–H and O–H groups in total. The Morgan fingerprint density at radius 1 is 1.35 bits per heavy atom. The maximum atomic E-state index is 12.5. The van der Waals surface area contributed by atoms with Gasteiger partial charge in [-0.05, 0) is 42.8 Å². The van der Waals surface area contributed by atoms with Crippen molar-refractivity contribution in [3.05, 3.63) is 46.6 Å².